The van der Waals surface area contributed by atoms with Gasteiger partial charge in [0, 0.05) is 18.8 Å². The van der Waals surface area contributed by atoms with Crippen LogP contribution in [-0.2, 0) is 24.8 Å². The maximum absolute atomic E-state index is 13.6. The number of anilines is 1. The molecule has 3 fully saturated rings. The third-order valence-electron chi connectivity index (χ3n) is 7.94. The van der Waals surface area contributed by atoms with E-state index >= 15 is 0 Å². The second-order valence-corrected chi connectivity index (χ2v) is 12.4. The molecule has 0 bridgehead atoms. The lowest BCUT2D eigenvalue weighted by Crippen LogP contribution is -2.35. The van der Waals surface area contributed by atoms with Crippen molar-refractivity contribution >= 4 is 33.2 Å². The summed E-state index contributed by atoms with van der Waals surface area (Å²) in [6.07, 6.45) is 13.6. The van der Waals surface area contributed by atoms with Gasteiger partial charge in [-0.1, -0.05) is 19.3 Å². The first-order chi connectivity index (χ1) is 17.3. The first-order valence-corrected chi connectivity index (χ1v) is 15.2. The summed E-state index contributed by atoms with van der Waals surface area (Å²) in [5.41, 5.74) is 1.32. The Hall–Kier alpha value is -1.92. The van der Waals surface area contributed by atoms with Crippen molar-refractivity contribution in [3.63, 3.8) is 0 Å². The maximum Gasteiger partial charge on any atom is 0.333 e. The topological polar surface area (TPSA) is 134 Å². The van der Waals surface area contributed by atoms with E-state index in [1.807, 2.05) is 6.07 Å². The highest BCUT2D eigenvalue weighted by Gasteiger charge is 2.45. The van der Waals surface area contributed by atoms with E-state index in [4.69, 9.17) is 14.1 Å². The SMILES string of the molecule is NS(=O)(=O)OC[C@@H]1CC[C@H](Nc2ncncc2C(=O)c2cc(C3(C4CCCCC4)CCCO3)cs2)C1. The highest BCUT2D eigenvalue weighted by Crippen LogP contribution is 2.49. The molecule has 0 radical (unpaired) electrons. The Morgan fingerprint density at radius 3 is 2.81 bits per heavy atom. The Morgan fingerprint density at radius 1 is 1.22 bits per heavy atom. The van der Waals surface area contributed by atoms with Gasteiger partial charge in [-0.2, -0.15) is 8.42 Å². The molecule has 5 rings (SSSR count). The number of aromatic nitrogens is 2. The lowest BCUT2D eigenvalue weighted by molar-refractivity contribution is -0.0611. The zero-order chi connectivity index (χ0) is 25.2. The summed E-state index contributed by atoms with van der Waals surface area (Å²) in [6, 6.07) is 2.08. The number of rotatable bonds is 9. The van der Waals surface area contributed by atoms with E-state index in [1.54, 1.807) is 6.20 Å². The van der Waals surface area contributed by atoms with E-state index in [-0.39, 0.29) is 30.0 Å². The van der Waals surface area contributed by atoms with Gasteiger partial charge in [0.05, 0.1) is 22.6 Å². The first kappa shape index (κ1) is 25.7. The number of ether oxygens (including phenoxy) is 1. The minimum Gasteiger partial charge on any atom is -0.370 e. The number of ketones is 1. The van der Waals surface area contributed by atoms with Gasteiger partial charge < -0.3 is 10.1 Å². The monoisotopic (exact) mass is 534 g/mol. The van der Waals surface area contributed by atoms with Crippen molar-refractivity contribution in [2.75, 3.05) is 18.5 Å². The predicted molar refractivity (Wildman–Crippen MR) is 137 cm³/mol. The van der Waals surface area contributed by atoms with Crippen LogP contribution in [0.5, 0.6) is 0 Å². The van der Waals surface area contributed by atoms with Crippen molar-refractivity contribution in [3.05, 3.63) is 40.0 Å². The second-order valence-electron chi connectivity index (χ2n) is 10.3. The highest BCUT2D eigenvalue weighted by molar-refractivity contribution is 7.84. The largest absolute Gasteiger partial charge is 0.370 e. The fraction of sp³-hybridized carbons (Fsp3) is 0.640. The van der Waals surface area contributed by atoms with Gasteiger partial charge in [-0.3, -0.25) is 8.98 Å². The number of hydrogen-bond acceptors (Lipinski definition) is 9. The molecule has 36 heavy (non-hydrogen) atoms. The molecule has 196 valence electrons. The van der Waals surface area contributed by atoms with Gasteiger partial charge in [-0.25, -0.2) is 15.1 Å². The van der Waals surface area contributed by atoms with E-state index < -0.39 is 10.3 Å². The molecule has 2 aromatic heterocycles. The molecule has 1 aliphatic heterocycles. The van der Waals surface area contributed by atoms with Crippen molar-refractivity contribution in [1.82, 2.24) is 9.97 Å². The normalized spacial score (nSPS) is 27.4. The third kappa shape index (κ3) is 5.65. The summed E-state index contributed by atoms with van der Waals surface area (Å²) in [7, 11) is -3.95. The molecule has 1 saturated heterocycles. The van der Waals surface area contributed by atoms with E-state index in [0.717, 1.165) is 37.9 Å². The fourth-order valence-electron chi connectivity index (χ4n) is 6.18. The second kappa shape index (κ2) is 10.8. The lowest BCUT2D eigenvalue weighted by atomic mass is 9.72. The van der Waals surface area contributed by atoms with E-state index in [9.17, 15) is 13.2 Å². The molecule has 2 aromatic rings. The molecule has 3 atom stereocenters. The van der Waals surface area contributed by atoms with Gasteiger partial charge in [0.1, 0.15) is 12.1 Å². The summed E-state index contributed by atoms with van der Waals surface area (Å²) < 4.78 is 33.4. The molecule has 2 saturated carbocycles. The van der Waals surface area contributed by atoms with Gasteiger partial charge in [0.15, 0.2) is 0 Å². The quantitative estimate of drug-likeness (QED) is 0.458. The Bertz CT molecular complexity index is 1170. The number of nitrogens with one attached hydrogen (secondary N) is 1. The number of carbonyl (C=O) groups excluding carboxylic acids is 1. The molecular weight excluding hydrogens is 500 g/mol. The summed E-state index contributed by atoms with van der Waals surface area (Å²) in [5, 5.41) is 10.4. The number of hydrogen-bond donors (Lipinski definition) is 2. The molecule has 0 spiro atoms. The van der Waals surface area contributed by atoms with E-state index in [1.165, 1.54) is 49.8 Å². The van der Waals surface area contributed by atoms with Crippen LogP contribution in [0.3, 0.4) is 0 Å². The standard InChI is InChI=1S/C25H34N4O5S2/c26-36(31,32)34-14-17-7-8-20(11-17)29-24-21(13-27-16-28-24)23(30)22-12-19(15-35-22)25(9-4-10-33-25)18-5-2-1-3-6-18/h12-13,15-18,20H,1-11,14H2,(H2,26,31,32)(H,27,28,29)/t17-,20+,25?/m1/s1. The number of nitrogens with two attached hydrogens (primary N) is 1. The van der Waals surface area contributed by atoms with E-state index in [2.05, 4.69) is 20.7 Å². The van der Waals surface area contributed by atoms with Crippen LogP contribution in [0.4, 0.5) is 5.82 Å². The molecule has 1 unspecified atom stereocenters. The molecule has 3 heterocycles. The van der Waals surface area contributed by atoms with Gasteiger partial charge in [-0.15, -0.1) is 11.3 Å². The molecule has 3 N–H and O–H groups in total. The smallest absolute Gasteiger partial charge is 0.333 e. The van der Waals surface area contributed by atoms with Crippen LogP contribution in [0.1, 0.15) is 85.0 Å². The maximum atomic E-state index is 13.6. The van der Waals surface area contributed by atoms with Crippen LogP contribution in [0, 0.1) is 11.8 Å². The average Bonchev–Trinajstić information content (AvgIpc) is 3.64. The molecule has 0 aromatic carbocycles. The van der Waals surface area contributed by atoms with Crippen LogP contribution in [0.25, 0.3) is 0 Å². The van der Waals surface area contributed by atoms with Gasteiger partial charge >= 0.3 is 10.3 Å². The van der Waals surface area contributed by atoms with Gasteiger partial charge in [-0.05, 0) is 73.8 Å². The van der Waals surface area contributed by atoms with Crippen molar-refractivity contribution in [2.24, 2.45) is 17.0 Å². The molecule has 11 heteroatoms. The zero-order valence-electron chi connectivity index (χ0n) is 20.4. The van der Waals surface area contributed by atoms with Crippen LogP contribution in [0.15, 0.2) is 24.0 Å². The van der Waals surface area contributed by atoms with Crippen molar-refractivity contribution in [2.45, 2.75) is 75.9 Å². The molecule has 2 aliphatic carbocycles. The highest BCUT2D eigenvalue weighted by atomic mass is 32.2. The fourth-order valence-corrected chi connectivity index (χ4v) is 7.49. The van der Waals surface area contributed by atoms with E-state index in [0.29, 0.717) is 28.6 Å². The lowest BCUT2D eigenvalue weighted by Gasteiger charge is -2.39. The first-order valence-electron chi connectivity index (χ1n) is 12.9. The molecule has 9 nitrogen and oxygen atoms in total. The van der Waals surface area contributed by atoms with Gasteiger partial charge in [0.2, 0.25) is 5.78 Å². The predicted octanol–water partition coefficient (Wildman–Crippen LogP) is 4.16. The van der Waals surface area contributed by atoms with Crippen LogP contribution >= 0.6 is 11.3 Å². The third-order valence-corrected chi connectivity index (χ3v) is 9.33. The summed E-state index contributed by atoms with van der Waals surface area (Å²) in [5.74, 6) is 0.988. The number of nitrogens with zero attached hydrogens (tertiary/aromatic N) is 2. The molecular formula is C25H34N4O5S2. The van der Waals surface area contributed by atoms with Crippen LogP contribution < -0.4 is 10.5 Å². The zero-order valence-corrected chi connectivity index (χ0v) is 22.0. The average molecular weight is 535 g/mol. The van der Waals surface area contributed by atoms with Crippen LogP contribution in [0.2, 0.25) is 0 Å². The molecule has 3 aliphatic rings. The summed E-state index contributed by atoms with van der Waals surface area (Å²) in [6.45, 7) is 0.843. The van der Waals surface area contributed by atoms with Crippen LogP contribution in [-0.4, -0.2) is 43.4 Å². The minimum atomic E-state index is -3.95. The Labute approximate surface area is 216 Å². The Morgan fingerprint density at radius 2 is 2.06 bits per heavy atom. The van der Waals surface area contributed by atoms with Crippen molar-refractivity contribution < 1.29 is 22.1 Å². The minimum absolute atomic E-state index is 0.0564. The summed E-state index contributed by atoms with van der Waals surface area (Å²) >= 11 is 1.46. The van der Waals surface area contributed by atoms with Gasteiger partial charge in [0.25, 0.3) is 0 Å². The molecule has 0 amide bonds. The Balaban J connectivity index is 1.30. The van der Waals surface area contributed by atoms with Crippen molar-refractivity contribution in [3.8, 4) is 0 Å². The van der Waals surface area contributed by atoms with Crippen molar-refractivity contribution in [1.29, 1.82) is 0 Å². The number of thiophene rings is 1. The summed E-state index contributed by atoms with van der Waals surface area (Å²) in [4.78, 5) is 22.7. The number of carbonyl (C=O) groups is 1. The Kier molecular flexibility index (Phi) is 7.73.